The van der Waals surface area contributed by atoms with Crippen molar-refractivity contribution in [3.05, 3.63) is 53.9 Å². The van der Waals surface area contributed by atoms with Gasteiger partial charge < -0.3 is 25.6 Å². The van der Waals surface area contributed by atoms with Crippen LogP contribution < -0.4 is 15.4 Å². The Bertz CT molecular complexity index is 815. The fraction of sp³-hybridized carbons (Fsp3) is 0.429. The third kappa shape index (κ3) is 6.42. The van der Waals surface area contributed by atoms with E-state index < -0.39 is 12.3 Å². The lowest BCUT2D eigenvalue weighted by molar-refractivity contribution is -0.123. The van der Waals surface area contributed by atoms with E-state index in [2.05, 4.69) is 38.7 Å². The lowest BCUT2D eigenvalue weighted by atomic mass is 10.00. The summed E-state index contributed by atoms with van der Waals surface area (Å²) in [6.07, 6.45) is 2.59. The first kappa shape index (κ1) is 21.0. The molecule has 29 heavy (non-hydrogen) atoms. The highest BCUT2D eigenvalue weighted by Gasteiger charge is 2.19. The number of carbonyl (C=O) groups excluding carboxylic acids is 1. The van der Waals surface area contributed by atoms with Crippen LogP contribution in [-0.2, 0) is 17.8 Å². The van der Waals surface area contributed by atoms with Crippen molar-refractivity contribution in [2.24, 2.45) is 0 Å². The zero-order valence-electron chi connectivity index (χ0n) is 16.5. The molecule has 8 nitrogen and oxygen atoms in total. The molecule has 0 saturated heterocycles. The van der Waals surface area contributed by atoms with Gasteiger partial charge in [-0.05, 0) is 30.5 Å². The maximum absolute atomic E-state index is 12.1. The topological polar surface area (TPSA) is 107 Å². The van der Waals surface area contributed by atoms with Crippen LogP contribution in [0.1, 0.15) is 18.1 Å². The molecular formula is C21H28N4O4. The summed E-state index contributed by atoms with van der Waals surface area (Å²) in [7, 11) is 0. The van der Waals surface area contributed by atoms with Crippen LogP contribution in [0, 0.1) is 0 Å². The van der Waals surface area contributed by atoms with Gasteiger partial charge in [0, 0.05) is 32.4 Å². The number of amides is 1. The molecule has 4 N–H and O–H groups in total. The third-order valence-electron chi connectivity index (χ3n) is 4.72. The summed E-state index contributed by atoms with van der Waals surface area (Å²) in [6, 6.07) is 10.00. The van der Waals surface area contributed by atoms with Gasteiger partial charge in [0.25, 0.3) is 5.91 Å². The summed E-state index contributed by atoms with van der Waals surface area (Å²) in [5.41, 5.74) is 3.21. The minimum Gasteiger partial charge on any atom is -0.480 e. The first-order valence-corrected chi connectivity index (χ1v) is 9.76. The number of nitrogens with one attached hydrogen (secondary N) is 2. The normalized spacial score (nSPS) is 15.8. The van der Waals surface area contributed by atoms with Crippen molar-refractivity contribution < 1.29 is 19.7 Å². The van der Waals surface area contributed by atoms with E-state index >= 15 is 0 Å². The predicted octanol–water partition coefficient (Wildman–Crippen LogP) is 0.746. The van der Waals surface area contributed by atoms with Gasteiger partial charge >= 0.3 is 0 Å². The second-order valence-electron chi connectivity index (χ2n) is 7.19. The Hall–Kier alpha value is -2.68. The van der Waals surface area contributed by atoms with E-state index in [-0.39, 0.29) is 19.1 Å². The summed E-state index contributed by atoms with van der Waals surface area (Å²) in [5.74, 6) is 0.0379. The number of hydrogen-bond donors (Lipinski definition) is 4. The first-order chi connectivity index (χ1) is 14.0. The lowest BCUT2D eigenvalue weighted by Gasteiger charge is -2.30. The molecule has 3 rings (SSSR count). The van der Waals surface area contributed by atoms with Gasteiger partial charge in [0.05, 0.1) is 18.0 Å². The van der Waals surface area contributed by atoms with Gasteiger partial charge in [0.15, 0.2) is 12.4 Å². The quantitative estimate of drug-likeness (QED) is 0.460. The summed E-state index contributed by atoms with van der Waals surface area (Å²) in [4.78, 5) is 18.2. The van der Waals surface area contributed by atoms with Crippen molar-refractivity contribution >= 4 is 11.6 Å². The van der Waals surface area contributed by atoms with E-state index in [1.807, 2.05) is 6.07 Å². The molecule has 1 amide bonds. The lowest BCUT2D eigenvalue weighted by Crippen LogP contribution is -2.42. The molecule has 1 aromatic heterocycles. The van der Waals surface area contributed by atoms with E-state index in [4.69, 9.17) is 4.74 Å². The number of anilines is 1. The van der Waals surface area contributed by atoms with Crippen LogP contribution in [0.15, 0.2) is 42.7 Å². The van der Waals surface area contributed by atoms with E-state index in [1.54, 1.807) is 19.2 Å². The number of hydrogen-bond acceptors (Lipinski definition) is 7. The molecule has 156 valence electrons. The summed E-state index contributed by atoms with van der Waals surface area (Å²) >= 11 is 0. The van der Waals surface area contributed by atoms with Gasteiger partial charge in [-0.2, -0.15) is 0 Å². The molecule has 2 atom stereocenters. The number of carbonyl (C=O) groups is 1. The number of β-amino-alcohol motifs (C(OH)–C–C–N with tert-alkyl or cyclic N) is 1. The highest BCUT2D eigenvalue weighted by atomic mass is 16.5. The number of pyridine rings is 1. The smallest absolute Gasteiger partial charge is 0.258 e. The van der Waals surface area contributed by atoms with Gasteiger partial charge in [-0.15, -0.1) is 0 Å². The minimum atomic E-state index is -0.759. The standard InChI is InChI=1S/C21H28N4O4/c1-15(26)24-19-6-8-22-11-20(19)29-14-21(28)23-10-18(27)13-25-9-7-16-4-2-3-5-17(16)12-25/h2-6,8,11,15,18,26-27H,7,9-10,12-14H2,1H3,(H,22,24)(H,23,28). The summed E-state index contributed by atoms with van der Waals surface area (Å²) in [6.45, 7) is 3.74. The average Bonchev–Trinajstić information content (AvgIpc) is 2.71. The Morgan fingerprint density at radius 1 is 1.28 bits per heavy atom. The molecule has 0 bridgehead atoms. The summed E-state index contributed by atoms with van der Waals surface area (Å²) < 4.78 is 5.48. The van der Waals surface area contributed by atoms with Gasteiger partial charge in [0.2, 0.25) is 0 Å². The van der Waals surface area contributed by atoms with E-state index in [0.717, 1.165) is 19.5 Å². The molecule has 2 heterocycles. The molecule has 0 fully saturated rings. The molecule has 0 aliphatic carbocycles. The molecule has 2 aromatic rings. The van der Waals surface area contributed by atoms with Crippen LogP contribution >= 0.6 is 0 Å². The maximum atomic E-state index is 12.1. The van der Waals surface area contributed by atoms with E-state index in [1.165, 1.54) is 17.3 Å². The van der Waals surface area contributed by atoms with Crippen LogP contribution in [0.4, 0.5) is 5.69 Å². The zero-order valence-corrected chi connectivity index (χ0v) is 16.5. The molecule has 8 heteroatoms. The SMILES string of the molecule is CC(O)Nc1ccncc1OCC(=O)NCC(O)CN1CCc2ccccc2C1. The largest absolute Gasteiger partial charge is 0.480 e. The monoisotopic (exact) mass is 400 g/mol. The summed E-state index contributed by atoms with van der Waals surface area (Å²) in [5, 5.41) is 25.2. The van der Waals surface area contributed by atoms with Crippen LogP contribution in [0.25, 0.3) is 0 Å². The van der Waals surface area contributed by atoms with Gasteiger partial charge in [-0.1, -0.05) is 24.3 Å². The minimum absolute atomic E-state index is 0.159. The molecule has 1 aliphatic rings. The Labute approximate surface area is 170 Å². The van der Waals surface area contributed by atoms with Crippen LogP contribution in [0.2, 0.25) is 0 Å². The van der Waals surface area contributed by atoms with Gasteiger partial charge in [-0.25, -0.2) is 0 Å². The molecule has 1 aromatic carbocycles. The highest BCUT2D eigenvalue weighted by Crippen LogP contribution is 2.22. The number of aromatic nitrogens is 1. The van der Waals surface area contributed by atoms with Crippen molar-refractivity contribution in [2.45, 2.75) is 32.2 Å². The van der Waals surface area contributed by atoms with Crippen molar-refractivity contribution in [1.29, 1.82) is 0 Å². The van der Waals surface area contributed by atoms with E-state index in [0.29, 0.717) is 18.0 Å². The van der Waals surface area contributed by atoms with Crippen molar-refractivity contribution in [3.63, 3.8) is 0 Å². The van der Waals surface area contributed by atoms with Crippen molar-refractivity contribution in [1.82, 2.24) is 15.2 Å². The number of fused-ring (bicyclic) bond motifs is 1. The third-order valence-corrected chi connectivity index (χ3v) is 4.72. The Kier molecular flexibility index (Phi) is 7.40. The number of aliphatic hydroxyl groups is 2. The number of nitrogens with zero attached hydrogens (tertiary/aromatic N) is 2. The Balaban J connectivity index is 1.40. The molecule has 1 aliphatic heterocycles. The number of benzene rings is 1. The highest BCUT2D eigenvalue weighted by molar-refractivity contribution is 5.77. The van der Waals surface area contributed by atoms with E-state index in [9.17, 15) is 15.0 Å². The first-order valence-electron chi connectivity index (χ1n) is 9.76. The molecule has 0 spiro atoms. The Morgan fingerprint density at radius 2 is 2.07 bits per heavy atom. The van der Waals surface area contributed by atoms with Crippen LogP contribution in [0.5, 0.6) is 5.75 Å². The van der Waals surface area contributed by atoms with Crippen LogP contribution in [0.3, 0.4) is 0 Å². The molecule has 0 radical (unpaired) electrons. The Morgan fingerprint density at radius 3 is 2.86 bits per heavy atom. The average molecular weight is 400 g/mol. The number of rotatable bonds is 9. The van der Waals surface area contributed by atoms with Crippen molar-refractivity contribution in [2.75, 3.05) is 31.6 Å². The zero-order chi connectivity index (χ0) is 20.6. The number of aliphatic hydroxyl groups excluding tert-OH is 2. The second-order valence-corrected chi connectivity index (χ2v) is 7.19. The maximum Gasteiger partial charge on any atom is 0.258 e. The van der Waals surface area contributed by atoms with Crippen LogP contribution in [-0.4, -0.2) is 64.6 Å². The molecular weight excluding hydrogens is 372 g/mol. The van der Waals surface area contributed by atoms with Gasteiger partial charge in [0.1, 0.15) is 6.23 Å². The second kappa shape index (κ2) is 10.2. The van der Waals surface area contributed by atoms with Gasteiger partial charge in [-0.3, -0.25) is 14.7 Å². The molecule has 0 saturated carbocycles. The fourth-order valence-corrected chi connectivity index (χ4v) is 3.34. The van der Waals surface area contributed by atoms with Crippen molar-refractivity contribution in [3.8, 4) is 5.75 Å². The predicted molar refractivity (Wildman–Crippen MR) is 109 cm³/mol. The number of ether oxygens (including phenoxy) is 1. The fourth-order valence-electron chi connectivity index (χ4n) is 3.34. The molecule has 2 unspecified atom stereocenters.